The van der Waals surface area contributed by atoms with Crippen molar-refractivity contribution in [2.75, 3.05) is 13.1 Å². The first-order valence-electron chi connectivity index (χ1n) is 11.2. The van der Waals surface area contributed by atoms with E-state index < -0.39 is 0 Å². The van der Waals surface area contributed by atoms with Gasteiger partial charge in [0.15, 0.2) is 0 Å². The number of hydrogen-bond acceptors (Lipinski definition) is 4. The molecule has 0 aliphatic carbocycles. The Hall–Kier alpha value is -2.76. The number of rotatable bonds is 5. The minimum absolute atomic E-state index is 0.0181. The average Bonchev–Trinajstić information content (AvgIpc) is 3.19. The van der Waals surface area contributed by atoms with E-state index in [9.17, 15) is 9.59 Å². The van der Waals surface area contributed by atoms with Gasteiger partial charge in [-0.2, -0.15) is 0 Å². The number of carbonyl (C=O) groups excluding carboxylic acids is 2. The van der Waals surface area contributed by atoms with Crippen LogP contribution in [-0.2, 0) is 20.7 Å². The number of carbonyl (C=O) groups is 2. The lowest BCUT2D eigenvalue weighted by Gasteiger charge is -2.42. The van der Waals surface area contributed by atoms with Gasteiger partial charge in [-0.15, -0.1) is 0 Å². The van der Waals surface area contributed by atoms with Crippen molar-refractivity contribution in [3.05, 3.63) is 59.5 Å². The first-order chi connectivity index (χ1) is 14.7. The van der Waals surface area contributed by atoms with Gasteiger partial charge < -0.3 is 19.9 Å². The fraction of sp³-hybridized carbons (Fsp3) is 0.520. The zero-order valence-electron chi connectivity index (χ0n) is 18.9. The van der Waals surface area contributed by atoms with Crippen molar-refractivity contribution in [3.8, 4) is 0 Å². The molecule has 1 aromatic rings. The van der Waals surface area contributed by atoms with Crippen LogP contribution in [-0.4, -0.2) is 58.4 Å². The molecule has 0 bridgehead atoms. The molecular weight excluding hydrogens is 390 g/mol. The van der Waals surface area contributed by atoms with Crippen molar-refractivity contribution >= 4 is 11.8 Å². The fourth-order valence-corrected chi connectivity index (χ4v) is 4.86. The van der Waals surface area contributed by atoms with Gasteiger partial charge in [0.05, 0.1) is 12.1 Å². The highest BCUT2D eigenvalue weighted by Gasteiger charge is 2.41. The average molecular weight is 424 g/mol. The minimum atomic E-state index is -0.356. The van der Waals surface area contributed by atoms with E-state index in [1.165, 1.54) is 5.56 Å². The molecule has 4 rings (SSSR count). The monoisotopic (exact) mass is 423 g/mol. The van der Waals surface area contributed by atoms with E-state index in [-0.39, 0.29) is 35.5 Å². The summed E-state index contributed by atoms with van der Waals surface area (Å²) < 4.78 is 6.24. The molecule has 31 heavy (non-hydrogen) atoms. The quantitative estimate of drug-likeness (QED) is 0.791. The second-order valence-corrected chi connectivity index (χ2v) is 9.73. The van der Waals surface area contributed by atoms with Gasteiger partial charge in [-0.3, -0.25) is 9.59 Å². The lowest BCUT2D eigenvalue weighted by molar-refractivity contribution is -0.129. The molecule has 0 aromatic heterocycles. The van der Waals surface area contributed by atoms with Gasteiger partial charge in [0.2, 0.25) is 5.91 Å². The smallest absolute Gasteiger partial charge is 0.250 e. The molecular formula is C25H33N3O3. The first kappa shape index (κ1) is 21.5. The number of piperidine rings is 1. The van der Waals surface area contributed by atoms with Crippen LogP contribution >= 0.6 is 0 Å². The molecule has 3 aliphatic rings. The van der Waals surface area contributed by atoms with Crippen LogP contribution in [0.15, 0.2) is 53.9 Å². The first-order valence-corrected chi connectivity index (χ1v) is 11.2. The van der Waals surface area contributed by atoms with Crippen LogP contribution in [0.1, 0.15) is 46.1 Å². The van der Waals surface area contributed by atoms with E-state index in [0.29, 0.717) is 0 Å². The highest BCUT2D eigenvalue weighted by Crippen LogP contribution is 2.33. The lowest BCUT2D eigenvalue weighted by Crippen LogP contribution is -2.50. The SMILES string of the molecule is C[C@@H]1NC(=O)C=C1N1CCC(N2C(=O)C=C(OC(C)(C)C)[C@@H]2Cc2ccccc2)CC1. The van der Waals surface area contributed by atoms with E-state index in [4.69, 9.17) is 4.74 Å². The van der Waals surface area contributed by atoms with Crippen LogP contribution in [0.2, 0.25) is 0 Å². The fourth-order valence-electron chi connectivity index (χ4n) is 4.86. The van der Waals surface area contributed by atoms with Crippen LogP contribution in [0.3, 0.4) is 0 Å². The molecule has 1 saturated heterocycles. The van der Waals surface area contributed by atoms with E-state index >= 15 is 0 Å². The van der Waals surface area contributed by atoms with Crippen LogP contribution in [0.4, 0.5) is 0 Å². The van der Waals surface area contributed by atoms with Gasteiger partial charge in [0, 0.05) is 43.4 Å². The number of amides is 2. The zero-order valence-corrected chi connectivity index (χ0v) is 18.9. The molecule has 1 fully saturated rings. The third-order valence-electron chi connectivity index (χ3n) is 6.18. The molecule has 1 aromatic carbocycles. The second kappa shape index (κ2) is 8.40. The Balaban J connectivity index is 1.50. The maximum atomic E-state index is 13.1. The molecule has 6 nitrogen and oxygen atoms in total. The summed E-state index contributed by atoms with van der Waals surface area (Å²) in [5, 5.41) is 2.94. The molecule has 166 valence electrons. The Labute approximate surface area is 184 Å². The lowest BCUT2D eigenvalue weighted by atomic mass is 9.98. The maximum absolute atomic E-state index is 13.1. The summed E-state index contributed by atoms with van der Waals surface area (Å²) >= 11 is 0. The predicted molar refractivity (Wildman–Crippen MR) is 120 cm³/mol. The summed E-state index contributed by atoms with van der Waals surface area (Å²) in [6, 6.07) is 10.4. The van der Waals surface area contributed by atoms with Crippen molar-refractivity contribution in [1.29, 1.82) is 0 Å². The molecule has 0 spiro atoms. The summed E-state index contributed by atoms with van der Waals surface area (Å²) in [5.41, 5.74) is 1.90. The normalized spacial score (nSPS) is 24.9. The summed E-state index contributed by atoms with van der Waals surface area (Å²) in [7, 11) is 0. The molecule has 2 amide bonds. The third-order valence-corrected chi connectivity index (χ3v) is 6.18. The molecule has 6 heteroatoms. The van der Waals surface area contributed by atoms with Gasteiger partial charge in [0.25, 0.3) is 5.91 Å². The Bertz CT molecular complexity index is 892. The van der Waals surface area contributed by atoms with Gasteiger partial charge in [0.1, 0.15) is 11.4 Å². The molecule has 1 N–H and O–H groups in total. The van der Waals surface area contributed by atoms with Crippen molar-refractivity contribution < 1.29 is 14.3 Å². The van der Waals surface area contributed by atoms with Gasteiger partial charge in [-0.05, 0) is 46.1 Å². The van der Waals surface area contributed by atoms with Crippen LogP contribution in [0.25, 0.3) is 0 Å². The Kier molecular flexibility index (Phi) is 5.82. The van der Waals surface area contributed by atoms with Crippen molar-refractivity contribution in [2.45, 2.75) is 70.7 Å². The summed E-state index contributed by atoms with van der Waals surface area (Å²) in [6.45, 7) is 9.75. The Morgan fingerprint density at radius 3 is 2.32 bits per heavy atom. The van der Waals surface area contributed by atoms with E-state index in [0.717, 1.165) is 43.8 Å². The van der Waals surface area contributed by atoms with Gasteiger partial charge in [-0.1, -0.05) is 30.3 Å². The molecule has 0 unspecified atom stereocenters. The number of nitrogens with zero attached hydrogens (tertiary/aromatic N) is 2. The highest BCUT2D eigenvalue weighted by atomic mass is 16.5. The summed E-state index contributed by atoms with van der Waals surface area (Å²) in [6.07, 6.45) is 5.91. The number of hydrogen-bond donors (Lipinski definition) is 1. The molecule has 0 radical (unpaired) electrons. The largest absolute Gasteiger partial charge is 0.490 e. The molecule has 3 aliphatic heterocycles. The highest BCUT2D eigenvalue weighted by molar-refractivity contribution is 5.92. The minimum Gasteiger partial charge on any atom is -0.490 e. The second-order valence-electron chi connectivity index (χ2n) is 9.73. The van der Waals surface area contributed by atoms with Gasteiger partial charge >= 0.3 is 0 Å². The third kappa shape index (κ3) is 4.78. The van der Waals surface area contributed by atoms with E-state index in [1.54, 1.807) is 12.2 Å². The number of benzene rings is 1. The predicted octanol–water partition coefficient (Wildman–Crippen LogP) is 3.01. The zero-order chi connectivity index (χ0) is 22.2. The summed E-state index contributed by atoms with van der Waals surface area (Å²) in [4.78, 5) is 29.1. The topological polar surface area (TPSA) is 61.9 Å². The Morgan fingerprint density at radius 2 is 1.74 bits per heavy atom. The van der Waals surface area contributed by atoms with E-state index in [2.05, 4.69) is 22.3 Å². The van der Waals surface area contributed by atoms with Crippen molar-refractivity contribution in [1.82, 2.24) is 15.1 Å². The van der Waals surface area contributed by atoms with Gasteiger partial charge in [-0.25, -0.2) is 0 Å². The number of likely N-dealkylation sites (tertiary alicyclic amines) is 1. The van der Waals surface area contributed by atoms with E-state index in [1.807, 2.05) is 50.8 Å². The van der Waals surface area contributed by atoms with Crippen LogP contribution < -0.4 is 5.32 Å². The Morgan fingerprint density at radius 1 is 1.06 bits per heavy atom. The van der Waals surface area contributed by atoms with Crippen LogP contribution in [0.5, 0.6) is 0 Å². The molecule has 2 atom stereocenters. The van der Waals surface area contributed by atoms with Crippen LogP contribution in [0, 0.1) is 0 Å². The number of nitrogens with one attached hydrogen (secondary N) is 1. The molecule has 3 heterocycles. The molecule has 0 saturated carbocycles. The van der Waals surface area contributed by atoms with Crippen molar-refractivity contribution in [2.24, 2.45) is 0 Å². The standard InChI is InChI=1S/C25H33N3O3/c1-17-20(15-23(29)26-17)27-12-10-19(11-13-27)28-21(14-18-8-6-5-7-9-18)22(16-24(28)30)31-25(2,3)4/h5-9,15-17,19,21H,10-14H2,1-4H3,(H,26,29)/t17-,21-/m0/s1. The number of ether oxygens (including phenoxy) is 1. The van der Waals surface area contributed by atoms with Crippen molar-refractivity contribution in [3.63, 3.8) is 0 Å². The maximum Gasteiger partial charge on any atom is 0.250 e. The summed E-state index contributed by atoms with van der Waals surface area (Å²) in [5.74, 6) is 0.796.